The van der Waals surface area contributed by atoms with Gasteiger partial charge in [0.2, 0.25) is 0 Å². The van der Waals surface area contributed by atoms with Crippen LogP contribution in [0.4, 0.5) is 0 Å². The van der Waals surface area contributed by atoms with Crippen molar-refractivity contribution in [2.24, 2.45) is 0 Å². The molecule has 2 aliphatic rings. The molecule has 0 radical (unpaired) electrons. The van der Waals surface area contributed by atoms with Gasteiger partial charge < -0.3 is 10.2 Å². The average molecular weight is 323 g/mol. The first kappa shape index (κ1) is 15.5. The highest BCUT2D eigenvalue weighted by Crippen LogP contribution is 2.56. The third-order valence-electron chi connectivity index (χ3n) is 5.81. The lowest BCUT2D eigenvalue weighted by Crippen LogP contribution is -2.28. The van der Waals surface area contributed by atoms with E-state index in [4.69, 9.17) is 0 Å². The fourth-order valence-electron chi connectivity index (χ4n) is 4.82. The summed E-state index contributed by atoms with van der Waals surface area (Å²) in [5, 5.41) is 20.6. The van der Waals surface area contributed by atoms with E-state index in [-0.39, 0.29) is 11.5 Å². The van der Waals surface area contributed by atoms with E-state index >= 15 is 0 Å². The smallest absolute Gasteiger partial charge is 0.165 e. The molecule has 2 aromatic carbocycles. The zero-order chi connectivity index (χ0) is 17.0. The summed E-state index contributed by atoms with van der Waals surface area (Å²) < 4.78 is 0. The fourth-order valence-corrected chi connectivity index (χ4v) is 4.82. The first-order valence-corrected chi connectivity index (χ1v) is 9.01. The van der Waals surface area contributed by atoms with Crippen molar-refractivity contribution in [1.29, 1.82) is 0 Å². The van der Waals surface area contributed by atoms with Crippen molar-refractivity contribution in [2.45, 2.75) is 52.1 Å². The van der Waals surface area contributed by atoms with Crippen molar-refractivity contribution >= 4 is 0 Å². The first-order chi connectivity index (χ1) is 11.6. The van der Waals surface area contributed by atoms with Crippen LogP contribution >= 0.6 is 0 Å². The van der Waals surface area contributed by atoms with E-state index in [9.17, 15) is 10.2 Å². The number of likely N-dealkylation sites (N-methyl/N-ethyl adjacent to an activating group) is 1. The van der Waals surface area contributed by atoms with Crippen LogP contribution in [0.15, 0.2) is 24.3 Å². The molecule has 3 heteroatoms. The van der Waals surface area contributed by atoms with Gasteiger partial charge in [-0.1, -0.05) is 38.5 Å². The highest BCUT2D eigenvalue weighted by atomic mass is 16.3. The quantitative estimate of drug-likeness (QED) is 0.794. The van der Waals surface area contributed by atoms with Crippen LogP contribution in [0.1, 0.15) is 61.0 Å². The maximum Gasteiger partial charge on any atom is 0.165 e. The number of hydrogen-bond acceptors (Lipinski definition) is 3. The molecule has 0 saturated heterocycles. The zero-order valence-electron chi connectivity index (χ0n) is 14.6. The van der Waals surface area contributed by atoms with Crippen LogP contribution in [0.3, 0.4) is 0 Å². The molecule has 126 valence electrons. The van der Waals surface area contributed by atoms with Crippen LogP contribution in [0.25, 0.3) is 11.1 Å². The van der Waals surface area contributed by atoms with E-state index in [2.05, 4.69) is 37.8 Å². The molecule has 0 amide bonds. The molecular formula is C21H25NO2. The zero-order valence-corrected chi connectivity index (χ0v) is 14.6. The van der Waals surface area contributed by atoms with Crippen LogP contribution in [0.5, 0.6) is 11.5 Å². The Morgan fingerprint density at radius 3 is 2.58 bits per heavy atom. The average Bonchev–Trinajstić information content (AvgIpc) is 2.87. The topological polar surface area (TPSA) is 43.7 Å². The van der Waals surface area contributed by atoms with Crippen LogP contribution in [-0.4, -0.2) is 21.7 Å². The molecule has 0 aromatic heterocycles. The van der Waals surface area contributed by atoms with Gasteiger partial charge in [0.05, 0.1) is 0 Å². The molecule has 1 aliphatic carbocycles. The van der Waals surface area contributed by atoms with Crippen molar-refractivity contribution in [1.82, 2.24) is 4.90 Å². The van der Waals surface area contributed by atoms with Crippen LogP contribution in [0, 0.1) is 6.92 Å². The van der Waals surface area contributed by atoms with Gasteiger partial charge in [-0.05, 0) is 60.2 Å². The number of rotatable bonds is 3. The highest BCUT2D eigenvalue weighted by Gasteiger charge is 2.42. The second kappa shape index (κ2) is 5.52. The number of aromatic hydroxyl groups is 2. The molecule has 2 atom stereocenters. The molecule has 0 unspecified atom stereocenters. The van der Waals surface area contributed by atoms with E-state index in [1.165, 1.54) is 16.7 Å². The largest absolute Gasteiger partial charge is 0.504 e. The van der Waals surface area contributed by atoms with E-state index in [0.29, 0.717) is 12.1 Å². The minimum absolute atomic E-state index is 0.0281. The molecule has 24 heavy (non-hydrogen) atoms. The molecule has 2 N–H and O–H groups in total. The predicted molar refractivity (Wildman–Crippen MR) is 96.4 cm³/mol. The van der Waals surface area contributed by atoms with Crippen molar-refractivity contribution in [3.63, 3.8) is 0 Å². The van der Waals surface area contributed by atoms with E-state index in [0.717, 1.165) is 42.5 Å². The molecule has 0 spiro atoms. The fraction of sp³-hybridized carbons (Fsp3) is 0.429. The van der Waals surface area contributed by atoms with Gasteiger partial charge in [-0.25, -0.2) is 0 Å². The Kier molecular flexibility index (Phi) is 3.57. The van der Waals surface area contributed by atoms with E-state index in [1.807, 2.05) is 6.07 Å². The van der Waals surface area contributed by atoms with Crippen molar-refractivity contribution in [2.75, 3.05) is 6.54 Å². The normalized spacial score (nSPS) is 21.6. The lowest BCUT2D eigenvalue weighted by molar-refractivity contribution is 0.160. The minimum atomic E-state index is -0.0281. The summed E-state index contributed by atoms with van der Waals surface area (Å²) in [4.78, 5) is 2.62. The van der Waals surface area contributed by atoms with Crippen LogP contribution < -0.4 is 0 Å². The van der Waals surface area contributed by atoms with Gasteiger partial charge in [-0.15, -0.1) is 0 Å². The van der Waals surface area contributed by atoms with Crippen LogP contribution in [-0.2, 0) is 6.42 Å². The Balaban J connectivity index is 2.01. The SMILES string of the molecule is CCC[C@@H]1c2ccc(C)c3c2[C@H](Cc2ccc(O)c(O)c2-3)N1CC. The summed E-state index contributed by atoms with van der Waals surface area (Å²) in [5.41, 5.74) is 7.09. The maximum atomic E-state index is 10.5. The summed E-state index contributed by atoms with van der Waals surface area (Å²) in [7, 11) is 0. The van der Waals surface area contributed by atoms with Gasteiger partial charge in [0.15, 0.2) is 11.5 Å². The number of nitrogens with zero attached hydrogens (tertiary/aromatic N) is 1. The number of hydrogen-bond donors (Lipinski definition) is 2. The van der Waals surface area contributed by atoms with E-state index < -0.39 is 0 Å². The minimum Gasteiger partial charge on any atom is -0.504 e. The summed E-state index contributed by atoms with van der Waals surface area (Å²) in [6.07, 6.45) is 3.23. The molecule has 1 heterocycles. The Labute approximate surface area is 143 Å². The number of fused-ring (bicyclic) bond motifs is 2. The van der Waals surface area contributed by atoms with Crippen LogP contribution in [0.2, 0.25) is 0 Å². The molecular weight excluding hydrogens is 298 g/mol. The molecule has 2 aromatic rings. The second-order valence-electron chi connectivity index (χ2n) is 7.08. The van der Waals surface area contributed by atoms with Gasteiger partial charge in [0, 0.05) is 17.6 Å². The molecule has 0 bridgehead atoms. The van der Waals surface area contributed by atoms with Gasteiger partial charge in [-0.3, -0.25) is 4.90 Å². The second-order valence-corrected chi connectivity index (χ2v) is 7.08. The number of phenols is 2. The Morgan fingerprint density at radius 2 is 1.88 bits per heavy atom. The number of aryl methyl sites for hydroxylation is 1. The van der Waals surface area contributed by atoms with Crippen molar-refractivity contribution in [3.05, 3.63) is 46.5 Å². The standard InChI is InChI=1S/C21H25NO2/c1-4-6-15-14-9-7-12(3)18-19-13(8-10-17(23)21(19)24)11-16(20(14)18)22(15)5-2/h7-10,15-16,23-24H,4-6,11H2,1-3H3/t15-,16+/m1/s1. The molecule has 4 rings (SSSR count). The van der Waals surface area contributed by atoms with Crippen molar-refractivity contribution in [3.8, 4) is 22.6 Å². The van der Waals surface area contributed by atoms with E-state index in [1.54, 1.807) is 6.07 Å². The lowest BCUT2D eigenvalue weighted by atomic mass is 9.79. The number of benzene rings is 2. The monoisotopic (exact) mass is 323 g/mol. The van der Waals surface area contributed by atoms with Gasteiger partial charge in [0.1, 0.15) is 0 Å². The highest BCUT2D eigenvalue weighted by molar-refractivity contribution is 5.84. The summed E-state index contributed by atoms with van der Waals surface area (Å²) in [6, 6.07) is 8.89. The molecule has 1 aliphatic heterocycles. The summed E-state index contributed by atoms with van der Waals surface area (Å²) >= 11 is 0. The lowest BCUT2D eigenvalue weighted by Gasteiger charge is -2.33. The Morgan fingerprint density at radius 1 is 1.08 bits per heavy atom. The Bertz CT molecular complexity index is 812. The van der Waals surface area contributed by atoms with Gasteiger partial charge in [-0.2, -0.15) is 0 Å². The van der Waals surface area contributed by atoms with Crippen molar-refractivity contribution < 1.29 is 10.2 Å². The Hall–Kier alpha value is -2.00. The van der Waals surface area contributed by atoms with Gasteiger partial charge >= 0.3 is 0 Å². The third kappa shape index (κ3) is 1.94. The van der Waals surface area contributed by atoms with Gasteiger partial charge in [0.25, 0.3) is 0 Å². The molecule has 3 nitrogen and oxygen atoms in total. The summed E-state index contributed by atoms with van der Waals surface area (Å²) in [6.45, 7) is 7.62. The molecule has 0 saturated carbocycles. The maximum absolute atomic E-state index is 10.5. The molecule has 0 fully saturated rings. The first-order valence-electron chi connectivity index (χ1n) is 9.01. The third-order valence-corrected chi connectivity index (χ3v) is 5.81. The number of phenolic OH excluding ortho intramolecular Hbond substituents is 2. The summed E-state index contributed by atoms with van der Waals surface area (Å²) in [5.74, 6) is 0.00379. The predicted octanol–water partition coefficient (Wildman–Crippen LogP) is 4.85.